The van der Waals surface area contributed by atoms with E-state index in [0.29, 0.717) is 63.1 Å². The minimum Gasteiger partial charge on any atom is -0.461 e. The van der Waals surface area contributed by atoms with E-state index in [1.807, 2.05) is 114 Å². The molecule has 16 nitrogen and oxygen atoms in total. The van der Waals surface area contributed by atoms with Crippen LogP contribution in [0.15, 0.2) is 60.7 Å². The number of imide groups is 1. The van der Waals surface area contributed by atoms with Gasteiger partial charge in [0.25, 0.3) is 11.8 Å². The molecule has 0 bridgehead atoms. The molecule has 410 valence electrons. The molecule has 0 aliphatic carbocycles. The maximum absolute atomic E-state index is 14.7. The first-order chi connectivity index (χ1) is 35.2. The first-order valence-electron chi connectivity index (χ1n) is 26.9. The Kier molecular flexibility index (Phi) is 25.1. The Hall–Kier alpha value is -5.32. The van der Waals surface area contributed by atoms with E-state index in [0.717, 1.165) is 11.1 Å². The third-order valence-electron chi connectivity index (χ3n) is 15.3. The van der Waals surface area contributed by atoms with E-state index < -0.39 is 71.8 Å². The Balaban J connectivity index is 1.41. The number of hydroxylamine groups is 2. The molecule has 2 saturated heterocycles. The molecule has 2 aromatic rings. The molecule has 2 aliphatic rings. The summed E-state index contributed by atoms with van der Waals surface area (Å²) in [4.78, 5) is 118. The van der Waals surface area contributed by atoms with E-state index in [-0.39, 0.29) is 86.3 Å². The zero-order valence-corrected chi connectivity index (χ0v) is 46.1. The molecule has 0 radical (unpaired) electrons. The molecule has 2 aliphatic heterocycles. The van der Waals surface area contributed by atoms with E-state index in [2.05, 4.69) is 0 Å². The Morgan fingerprint density at radius 3 is 1.93 bits per heavy atom. The van der Waals surface area contributed by atoms with Crippen LogP contribution in [-0.2, 0) is 70.4 Å². The van der Waals surface area contributed by atoms with Crippen LogP contribution in [0.2, 0.25) is 0 Å². The number of benzene rings is 2. The van der Waals surface area contributed by atoms with Gasteiger partial charge in [0.15, 0.2) is 5.78 Å². The Labute approximate surface area is 440 Å². The molecule has 0 unspecified atom stereocenters. The van der Waals surface area contributed by atoms with Crippen LogP contribution in [0.3, 0.4) is 0 Å². The first-order valence-corrected chi connectivity index (χ1v) is 26.9. The molecular weight excluding hydrogens is 945 g/mol. The molecular formula is C58H86N4O12. The summed E-state index contributed by atoms with van der Waals surface area (Å²) in [5.74, 6) is -4.98. The molecule has 9 atom stereocenters. The van der Waals surface area contributed by atoms with E-state index in [1.54, 1.807) is 38.0 Å². The van der Waals surface area contributed by atoms with Gasteiger partial charge in [0.2, 0.25) is 11.8 Å². The lowest BCUT2D eigenvalue weighted by Crippen LogP contribution is -2.54. The van der Waals surface area contributed by atoms with Crippen molar-refractivity contribution in [3.63, 3.8) is 0 Å². The predicted molar refractivity (Wildman–Crippen MR) is 280 cm³/mol. The fourth-order valence-corrected chi connectivity index (χ4v) is 10.8. The molecule has 2 fully saturated rings. The molecule has 4 amide bonds. The van der Waals surface area contributed by atoms with Gasteiger partial charge in [-0.15, -0.1) is 5.06 Å². The molecule has 0 aromatic heterocycles. The average molecular weight is 1030 g/mol. The molecule has 2 aromatic carbocycles. The second kappa shape index (κ2) is 30.3. The van der Waals surface area contributed by atoms with Crippen molar-refractivity contribution in [2.45, 2.75) is 169 Å². The predicted octanol–water partition coefficient (Wildman–Crippen LogP) is 7.82. The summed E-state index contributed by atoms with van der Waals surface area (Å²) < 4.78 is 18.0. The van der Waals surface area contributed by atoms with Gasteiger partial charge >= 0.3 is 11.9 Å². The molecule has 74 heavy (non-hydrogen) atoms. The molecule has 2 heterocycles. The quantitative estimate of drug-likeness (QED) is 0.0393. The number of likely N-dealkylation sites (tertiary alicyclic amines) is 1. The summed E-state index contributed by atoms with van der Waals surface area (Å²) in [5, 5.41) is 0.557. The summed E-state index contributed by atoms with van der Waals surface area (Å²) in [7, 11) is 6.75. The number of nitrogens with zero attached hydrogens (tertiary/aromatic N) is 4. The minimum absolute atomic E-state index is 0.0186. The normalized spacial score (nSPS) is 18.2. The van der Waals surface area contributed by atoms with Gasteiger partial charge in [-0.05, 0) is 74.6 Å². The lowest BCUT2D eigenvalue weighted by molar-refractivity contribution is -0.197. The van der Waals surface area contributed by atoms with Gasteiger partial charge in [-0.3, -0.25) is 38.5 Å². The monoisotopic (exact) mass is 1030 g/mol. The van der Waals surface area contributed by atoms with Crippen molar-refractivity contribution in [1.29, 1.82) is 0 Å². The van der Waals surface area contributed by atoms with Crippen LogP contribution in [0, 0.1) is 35.5 Å². The van der Waals surface area contributed by atoms with Gasteiger partial charge in [0.1, 0.15) is 12.4 Å². The van der Waals surface area contributed by atoms with Gasteiger partial charge < -0.3 is 28.8 Å². The van der Waals surface area contributed by atoms with E-state index in [1.165, 1.54) is 0 Å². The van der Waals surface area contributed by atoms with Gasteiger partial charge in [0, 0.05) is 71.8 Å². The molecule has 4 rings (SSSR count). The topological polar surface area (TPSA) is 186 Å². The molecule has 0 N–H and O–H groups in total. The number of ether oxygens (including phenoxy) is 3. The number of hydrogen-bond acceptors (Lipinski definition) is 13. The number of ketones is 2. The Morgan fingerprint density at radius 2 is 1.36 bits per heavy atom. The summed E-state index contributed by atoms with van der Waals surface area (Å²) in [6.07, 6.45) is 2.97. The van der Waals surface area contributed by atoms with Crippen molar-refractivity contribution in [2.75, 3.05) is 41.4 Å². The fourth-order valence-electron chi connectivity index (χ4n) is 10.8. The summed E-state index contributed by atoms with van der Waals surface area (Å²) in [6.45, 7) is 14.9. The van der Waals surface area contributed by atoms with Crippen LogP contribution in [-0.4, -0.2) is 139 Å². The van der Waals surface area contributed by atoms with Gasteiger partial charge in [-0.1, -0.05) is 122 Å². The number of amides is 4. The standard InChI is InChI=1S/C58H86N4O12/c1-12-40(6)55(60(9)57(69)45(38(2)3)35-48(64)54(39(4)5)59(8)31-21-15-20-28-53(68)74-62-50(65)29-30-51(62)66)49(71-10)36-52(67)61-32-22-27-46(61)56(72-11)41(7)47(63)34-44(33-42-23-16-13-17-24-42)58(70)73-37-43-25-18-14-19-26-43/h13-14,16-19,23-26,38-41,44-46,49,54-56H,12,15,20-22,27-37H2,1-11H3/t40-,41-,44+,45-,46-,49+,54-,55-,56+/m0/s1. The number of carbonyl (C=O) groups is 8. The van der Waals surface area contributed by atoms with Crippen LogP contribution < -0.4 is 0 Å². The van der Waals surface area contributed by atoms with Gasteiger partial charge in [-0.25, -0.2) is 4.79 Å². The number of likely N-dealkylation sites (N-methyl/N-ethyl adjacent to an activating group) is 2. The van der Waals surface area contributed by atoms with Crippen molar-refractivity contribution in [2.24, 2.45) is 35.5 Å². The number of carbonyl (C=O) groups excluding carboxylic acids is 8. The highest BCUT2D eigenvalue weighted by Gasteiger charge is 2.44. The largest absolute Gasteiger partial charge is 0.461 e. The number of unbranched alkanes of at least 4 members (excludes halogenated alkanes) is 2. The van der Waals surface area contributed by atoms with Gasteiger partial charge in [0.05, 0.1) is 42.7 Å². The van der Waals surface area contributed by atoms with Gasteiger partial charge in [-0.2, -0.15) is 0 Å². The summed E-state index contributed by atoms with van der Waals surface area (Å²) in [6, 6.07) is 17.6. The van der Waals surface area contributed by atoms with Crippen molar-refractivity contribution < 1.29 is 57.4 Å². The highest BCUT2D eigenvalue weighted by Crippen LogP contribution is 2.32. The van der Waals surface area contributed by atoms with Crippen LogP contribution >= 0.6 is 0 Å². The summed E-state index contributed by atoms with van der Waals surface area (Å²) in [5.41, 5.74) is 1.76. The lowest BCUT2D eigenvalue weighted by Gasteiger charge is -2.41. The number of methoxy groups -OCH3 is 2. The second-order valence-corrected chi connectivity index (χ2v) is 21.3. The number of hydrogen-bond donors (Lipinski definition) is 0. The highest BCUT2D eigenvalue weighted by molar-refractivity contribution is 6.01. The van der Waals surface area contributed by atoms with E-state index in [9.17, 15) is 38.4 Å². The number of Topliss-reactive ketones (excluding diaryl/α,β-unsaturated/α-hetero) is 2. The Morgan fingerprint density at radius 1 is 0.743 bits per heavy atom. The van der Waals surface area contributed by atoms with E-state index in [4.69, 9.17) is 19.0 Å². The second-order valence-electron chi connectivity index (χ2n) is 21.3. The molecule has 0 spiro atoms. The van der Waals surface area contributed by atoms with Crippen molar-refractivity contribution in [3.05, 3.63) is 71.8 Å². The highest BCUT2D eigenvalue weighted by atomic mass is 16.7. The van der Waals surface area contributed by atoms with Crippen molar-refractivity contribution >= 4 is 47.1 Å². The smallest absolute Gasteiger partial charge is 0.333 e. The fraction of sp³-hybridized carbons (Fsp3) is 0.655. The summed E-state index contributed by atoms with van der Waals surface area (Å²) >= 11 is 0. The number of rotatable bonds is 32. The zero-order chi connectivity index (χ0) is 54.6. The zero-order valence-electron chi connectivity index (χ0n) is 46.1. The van der Waals surface area contributed by atoms with Crippen LogP contribution in [0.4, 0.5) is 0 Å². The third kappa shape index (κ3) is 17.4. The van der Waals surface area contributed by atoms with Crippen LogP contribution in [0.1, 0.15) is 137 Å². The van der Waals surface area contributed by atoms with Crippen molar-refractivity contribution in [3.8, 4) is 0 Å². The SMILES string of the molecule is CC[C@H](C)[C@@H]([C@@H](CC(=O)N1CCC[C@H]1[C@H](OC)[C@@H](C)C(=O)C[C@@H](Cc1ccccc1)C(=O)OCc1ccccc1)OC)N(C)C(=O)[C@@H](CC(=O)[C@H](C(C)C)N(C)CCCCCC(=O)ON1C(=O)CCC1=O)C(C)C. The average Bonchev–Trinajstić information content (AvgIpc) is 3.99. The lowest BCUT2D eigenvalue weighted by atomic mass is 9.83. The maximum Gasteiger partial charge on any atom is 0.333 e. The van der Waals surface area contributed by atoms with E-state index >= 15 is 0 Å². The minimum atomic E-state index is -0.722. The molecule has 0 saturated carbocycles. The van der Waals surface area contributed by atoms with Crippen LogP contribution in [0.25, 0.3) is 0 Å². The van der Waals surface area contributed by atoms with Crippen LogP contribution in [0.5, 0.6) is 0 Å². The number of esters is 1. The third-order valence-corrected chi connectivity index (χ3v) is 15.3. The Bertz CT molecular complexity index is 2140. The van der Waals surface area contributed by atoms with Crippen molar-refractivity contribution in [1.82, 2.24) is 19.8 Å². The maximum atomic E-state index is 14.7. The molecule has 16 heteroatoms. The first kappa shape index (κ1) is 61.2.